The van der Waals surface area contributed by atoms with Crippen molar-refractivity contribution < 1.29 is 4.74 Å². The molecule has 94 valence electrons. The second kappa shape index (κ2) is 5.92. The molecule has 2 aromatic rings. The van der Waals surface area contributed by atoms with Gasteiger partial charge in [-0.25, -0.2) is 0 Å². The predicted molar refractivity (Wildman–Crippen MR) is 76.4 cm³/mol. The van der Waals surface area contributed by atoms with Crippen LogP contribution in [-0.2, 0) is 0 Å². The van der Waals surface area contributed by atoms with Crippen LogP contribution >= 0.6 is 11.6 Å². The van der Waals surface area contributed by atoms with Gasteiger partial charge in [0.1, 0.15) is 12.4 Å². The number of halogens is 1. The minimum absolute atomic E-state index is 0.119. The fourth-order valence-corrected chi connectivity index (χ4v) is 1.99. The first kappa shape index (κ1) is 13.0. The average Bonchev–Trinajstić information content (AvgIpc) is 2.40. The molecule has 0 saturated carbocycles. The van der Waals surface area contributed by atoms with Crippen molar-refractivity contribution in [3.05, 3.63) is 65.2 Å². The molecule has 0 aliphatic carbocycles. The Kier molecular flexibility index (Phi) is 4.27. The Bertz CT molecular complexity index is 508. The van der Waals surface area contributed by atoms with Crippen LogP contribution in [0, 0.1) is 13.8 Å². The second-order valence-electron chi connectivity index (χ2n) is 4.46. The summed E-state index contributed by atoms with van der Waals surface area (Å²) in [5, 5.41) is -0.119. The third-order valence-electron chi connectivity index (χ3n) is 2.89. The first-order valence-electron chi connectivity index (χ1n) is 6.06. The van der Waals surface area contributed by atoms with E-state index in [9.17, 15) is 0 Å². The van der Waals surface area contributed by atoms with E-state index in [-0.39, 0.29) is 5.38 Å². The lowest BCUT2D eigenvalue weighted by Gasteiger charge is -2.14. The summed E-state index contributed by atoms with van der Waals surface area (Å²) in [6.45, 7) is 4.58. The number of ether oxygens (including phenoxy) is 1. The van der Waals surface area contributed by atoms with Gasteiger partial charge >= 0.3 is 0 Å². The number of rotatable bonds is 4. The van der Waals surface area contributed by atoms with Gasteiger partial charge in [-0.2, -0.15) is 0 Å². The molecular weight excluding hydrogens is 244 g/mol. The van der Waals surface area contributed by atoms with E-state index >= 15 is 0 Å². The summed E-state index contributed by atoms with van der Waals surface area (Å²) >= 11 is 6.32. The van der Waals surface area contributed by atoms with E-state index in [0.29, 0.717) is 6.61 Å². The zero-order valence-electron chi connectivity index (χ0n) is 10.7. The predicted octanol–water partition coefficient (Wildman–Crippen LogP) is 4.66. The number of alkyl halides is 1. The summed E-state index contributed by atoms with van der Waals surface area (Å²) in [6.07, 6.45) is 0. The molecular formula is C16H17ClO. The van der Waals surface area contributed by atoms with E-state index < -0.39 is 0 Å². The first-order valence-corrected chi connectivity index (χ1v) is 6.49. The van der Waals surface area contributed by atoms with Gasteiger partial charge in [-0.15, -0.1) is 11.6 Å². The Morgan fingerprint density at radius 2 is 1.78 bits per heavy atom. The Balaban J connectivity index is 2.01. The van der Waals surface area contributed by atoms with Gasteiger partial charge in [-0.05, 0) is 36.6 Å². The van der Waals surface area contributed by atoms with Crippen LogP contribution in [-0.4, -0.2) is 6.61 Å². The Labute approximate surface area is 113 Å². The molecule has 0 heterocycles. The zero-order chi connectivity index (χ0) is 13.0. The first-order chi connectivity index (χ1) is 8.66. The van der Waals surface area contributed by atoms with Crippen LogP contribution in [0.5, 0.6) is 5.75 Å². The van der Waals surface area contributed by atoms with Crippen molar-refractivity contribution in [2.24, 2.45) is 0 Å². The molecule has 0 aliphatic rings. The second-order valence-corrected chi connectivity index (χ2v) is 4.99. The summed E-state index contributed by atoms with van der Waals surface area (Å²) < 4.78 is 5.80. The lowest BCUT2D eigenvalue weighted by atomic mass is 10.1. The van der Waals surface area contributed by atoms with Crippen LogP contribution in [0.2, 0.25) is 0 Å². The molecule has 0 spiro atoms. The van der Waals surface area contributed by atoms with Crippen molar-refractivity contribution in [2.45, 2.75) is 19.2 Å². The maximum Gasteiger partial charge on any atom is 0.122 e. The molecule has 0 N–H and O–H groups in total. The van der Waals surface area contributed by atoms with E-state index in [1.807, 2.05) is 43.3 Å². The molecule has 0 bridgehead atoms. The molecule has 2 rings (SSSR count). The Morgan fingerprint density at radius 1 is 1.06 bits per heavy atom. The molecule has 0 aliphatic heterocycles. The van der Waals surface area contributed by atoms with E-state index in [1.54, 1.807) is 0 Å². The van der Waals surface area contributed by atoms with E-state index in [0.717, 1.165) is 16.9 Å². The summed E-state index contributed by atoms with van der Waals surface area (Å²) in [6, 6.07) is 16.2. The van der Waals surface area contributed by atoms with Gasteiger partial charge in [-0.1, -0.05) is 42.5 Å². The fourth-order valence-electron chi connectivity index (χ4n) is 1.78. The van der Waals surface area contributed by atoms with Crippen LogP contribution in [0.1, 0.15) is 22.1 Å². The molecule has 0 amide bonds. The van der Waals surface area contributed by atoms with Crippen molar-refractivity contribution in [3.8, 4) is 5.75 Å². The minimum Gasteiger partial charge on any atom is -0.491 e. The molecule has 0 aromatic heterocycles. The number of benzene rings is 2. The van der Waals surface area contributed by atoms with Gasteiger partial charge in [0.25, 0.3) is 0 Å². The van der Waals surface area contributed by atoms with Crippen LogP contribution in [0.3, 0.4) is 0 Å². The molecule has 1 unspecified atom stereocenters. The van der Waals surface area contributed by atoms with Crippen LogP contribution < -0.4 is 4.74 Å². The maximum absolute atomic E-state index is 6.32. The maximum atomic E-state index is 6.32. The highest BCUT2D eigenvalue weighted by molar-refractivity contribution is 6.20. The van der Waals surface area contributed by atoms with Gasteiger partial charge in [0.15, 0.2) is 0 Å². The number of aryl methyl sites for hydroxylation is 2. The lowest BCUT2D eigenvalue weighted by Crippen LogP contribution is -2.05. The van der Waals surface area contributed by atoms with E-state index in [2.05, 4.69) is 19.1 Å². The normalized spacial score (nSPS) is 12.2. The van der Waals surface area contributed by atoms with Crippen LogP contribution in [0.25, 0.3) is 0 Å². The molecule has 0 radical (unpaired) electrons. The lowest BCUT2D eigenvalue weighted by molar-refractivity contribution is 0.314. The topological polar surface area (TPSA) is 9.23 Å². The molecule has 2 heteroatoms. The molecule has 0 saturated heterocycles. The number of hydrogen-bond acceptors (Lipinski definition) is 1. The average molecular weight is 261 g/mol. The van der Waals surface area contributed by atoms with Gasteiger partial charge in [0.2, 0.25) is 0 Å². The van der Waals surface area contributed by atoms with Gasteiger partial charge < -0.3 is 4.74 Å². The molecule has 2 aromatic carbocycles. The summed E-state index contributed by atoms with van der Waals surface area (Å²) in [5.41, 5.74) is 3.42. The van der Waals surface area contributed by atoms with Gasteiger partial charge in [-0.3, -0.25) is 0 Å². The molecule has 1 atom stereocenters. The monoisotopic (exact) mass is 260 g/mol. The third-order valence-corrected chi connectivity index (χ3v) is 3.27. The highest BCUT2D eigenvalue weighted by Gasteiger charge is 2.09. The van der Waals surface area contributed by atoms with Gasteiger partial charge in [0.05, 0.1) is 5.38 Å². The van der Waals surface area contributed by atoms with Crippen molar-refractivity contribution in [2.75, 3.05) is 6.61 Å². The Hall–Kier alpha value is -1.47. The standard InChI is InChI=1S/C16H17ClO/c1-12-8-9-13(2)16(10-12)18-11-15(17)14-6-4-3-5-7-14/h3-10,15H,11H2,1-2H3. The quantitative estimate of drug-likeness (QED) is 0.727. The van der Waals surface area contributed by atoms with Crippen molar-refractivity contribution in [3.63, 3.8) is 0 Å². The molecule has 0 fully saturated rings. The fraction of sp³-hybridized carbons (Fsp3) is 0.250. The smallest absolute Gasteiger partial charge is 0.122 e. The highest BCUT2D eigenvalue weighted by atomic mass is 35.5. The molecule has 18 heavy (non-hydrogen) atoms. The van der Waals surface area contributed by atoms with Crippen molar-refractivity contribution >= 4 is 11.6 Å². The van der Waals surface area contributed by atoms with Gasteiger partial charge in [0, 0.05) is 0 Å². The highest BCUT2D eigenvalue weighted by Crippen LogP contribution is 2.24. The van der Waals surface area contributed by atoms with Crippen molar-refractivity contribution in [1.29, 1.82) is 0 Å². The van der Waals surface area contributed by atoms with Crippen LogP contribution in [0.15, 0.2) is 48.5 Å². The van der Waals surface area contributed by atoms with E-state index in [1.165, 1.54) is 5.56 Å². The SMILES string of the molecule is Cc1ccc(C)c(OCC(Cl)c2ccccc2)c1. The summed E-state index contributed by atoms with van der Waals surface area (Å²) in [4.78, 5) is 0. The molecule has 1 nitrogen and oxygen atoms in total. The largest absolute Gasteiger partial charge is 0.491 e. The van der Waals surface area contributed by atoms with Crippen LogP contribution in [0.4, 0.5) is 0 Å². The number of hydrogen-bond donors (Lipinski definition) is 0. The zero-order valence-corrected chi connectivity index (χ0v) is 11.4. The summed E-state index contributed by atoms with van der Waals surface area (Å²) in [5.74, 6) is 0.914. The minimum atomic E-state index is -0.119. The Morgan fingerprint density at radius 3 is 2.50 bits per heavy atom. The van der Waals surface area contributed by atoms with E-state index in [4.69, 9.17) is 16.3 Å². The summed E-state index contributed by atoms with van der Waals surface area (Å²) in [7, 11) is 0. The van der Waals surface area contributed by atoms with Crippen molar-refractivity contribution in [1.82, 2.24) is 0 Å². The third kappa shape index (κ3) is 3.27.